The van der Waals surface area contributed by atoms with Crippen molar-refractivity contribution < 1.29 is 14.3 Å². The second-order valence-corrected chi connectivity index (χ2v) is 10.6. The van der Waals surface area contributed by atoms with Crippen LogP contribution in [0, 0.1) is 12.3 Å². The van der Waals surface area contributed by atoms with Gasteiger partial charge in [0.1, 0.15) is 22.3 Å². The van der Waals surface area contributed by atoms with E-state index >= 15 is 0 Å². The molecule has 4 heterocycles. The van der Waals surface area contributed by atoms with Crippen molar-refractivity contribution in [2.24, 2.45) is 5.41 Å². The number of hydrogen-bond donors (Lipinski definition) is 1. The van der Waals surface area contributed by atoms with Crippen molar-refractivity contribution in [3.63, 3.8) is 0 Å². The van der Waals surface area contributed by atoms with Crippen LogP contribution in [0.1, 0.15) is 51.5 Å². The van der Waals surface area contributed by atoms with Crippen LogP contribution in [0.25, 0.3) is 0 Å². The summed E-state index contributed by atoms with van der Waals surface area (Å²) in [5.74, 6) is 2.10. The van der Waals surface area contributed by atoms with Gasteiger partial charge in [0, 0.05) is 44.3 Å². The predicted molar refractivity (Wildman–Crippen MR) is 142 cm³/mol. The molecule has 1 fully saturated rings. The number of thiazole rings is 1. The average molecular weight is 521 g/mol. The molecule has 0 bridgehead atoms. The molecule has 10 heteroatoms. The molecule has 1 saturated heterocycles. The summed E-state index contributed by atoms with van der Waals surface area (Å²) in [6, 6.07) is 9.34. The maximum Gasteiger partial charge on any atom is 0.265 e. The molecule has 1 spiro atoms. The van der Waals surface area contributed by atoms with Crippen molar-refractivity contribution in [2.45, 2.75) is 32.6 Å². The quantitative estimate of drug-likeness (QED) is 0.551. The van der Waals surface area contributed by atoms with Gasteiger partial charge in [-0.1, -0.05) is 12.1 Å². The standard InChI is InChI=1S/C27H32N6O3S/c1-20-29-11-7-24(31-20)32-13-4-8-27(9-14-33(15-10-27)26(35)23-17-28-19-37-23)18-36-22-6-3-2-5-21(22)25(34)30-12-16-32/h2-3,5-7,11,17,19H,4,8-10,12-16,18H2,1H3,(H,30,34). The number of aromatic nitrogens is 3. The maximum atomic E-state index is 13.0. The molecule has 9 nitrogen and oxygen atoms in total. The summed E-state index contributed by atoms with van der Waals surface area (Å²) in [5, 5.41) is 3.04. The Balaban J connectivity index is 1.37. The first-order valence-corrected chi connectivity index (χ1v) is 13.6. The van der Waals surface area contributed by atoms with Crippen LogP contribution in [0.15, 0.2) is 48.2 Å². The molecule has 1 N–H and O–H groups in total. The number of nitrogens with one attached hydrogen (secondary N) is 1. The number of carbonyl (C=O) groups excluding carboxylic acids is 2. The summed E-state index contributed by atoms with van der Waals surface area (Å²) in [6.45, 7) is 5.70. The van der Waals surface area contributed by atoms with E-state index in [1.807, 2.05) is 36.1 Å². The summed E-state index contributed by atoms with van der Waals surface area (Å²) >= 11 is 1.38. The van der Waals surface area contributed by atoms with Crippen LogP contribution in [0.2, 0.25) is 0 Å². The summed E-state index contributed by atoms with van der Waals surface area (Å²) in [4.78, 5) is 43.7. The highest BCUT2D eigenvalue weighted by atomic mass is 32.1. The zero-order valence-electron chi connectivity index (χ0n) is 21.1. The van der Waals surface area contributed by atoms with E-state index in [-0.39, 0.29) is 17.2 Å². The second kappa shape index (κ2) is 11.2. The van der Waals surface area contributed by atoms with Gasteiger partial charge in [0.15, 0.2) is 0 Å². The van der Waals surface area contributed by atoms with Crippen LogP contribution in [0.3, 0.4) is 0 Å². The Morgan fingerprint density at radius 1 is 1.11 bits per heavy atom. The molecule has 2 aromatic heterocycles. The fraction of sp³-hybridized carbons (Fsp3) is 0.444. The molecule has 0 radical (unpaired) electrons. The van der Waals surface area contributed by atoms with E-state index < -0.39 is 0 Å². The van der Waals surface area contributed by atoms with Crippen LogP contribution in [-0.2, 0) is 0 Å². The molecule has 3 aromatic rings. The highest BCUT2D eigenvalue weighted by Crippen LogP contribution is 2.38. The third-order valence-corrected chi connectivity index (χ3v) is 8.07. The lowest BCUT2D eigenvalue weighted by atomic mass is 9.75. The molecule has 2 aliphatic rings. The average Bonchev–Trinajstić information content (AvgIpc) is 3.46. The van der Waals surface area contributed by atoms with Gasteiger partial charge >= 0.3 is 0 Å². The van der Waals surface area contributed by atoms with Crippen molar-refractivity contribution in [2.75, 3.05) is 44.2 Å². The second-order valence-electron chi connectivity index (χ2n) is 9.75. The largest absolute Gasteiger partial charge is 0.492 e. The van der Waals surface area contributed by atoms with Crippen LogP contribution >= 0.6 is 11.3 Å². The lowest BCUT2D eigenvalue weighted by Gasteiger charge is -2.42. The lowest BCUT2D eigenvalue weighted by Crippen LogP contribution is -2.45. The molecule has 0 unspecified atom stereocenters. The normalized spacial score (nSPS) is 18.6. The van der Waals surface area contributed by atoms with Gasteiger partial charge in [-0.3, -0.25) is 14.6 Å². The minimum Gasteiger partial charge on any atom is -0.492 e. The topological polar surface area (TPSA) is 101 Å². The van der Waals surface area contributed by atoms with Gasteiger partial charge in [-0.05, 0) is 50.8 Å². The molecular formula is C27H32N6O3S. The van der Waals surface area contributed by atoms with Crippen molar-refractivity contribution in [3.05, 3.63) is 64.5 Å². The highest BCUT2D eigenvalue weighted by Gasteiger charge is 2.37. The first kappa shape index (κ1) is 25.1. The van der Waals surface area contributed by atoms with Crippen molar-refractivity contribution in [3.8, 4) is 5.75 Å². The molecule has 194 valence electrons. The van der Waals surface area contributed by atoms with Gasteiger partial charge < -0.3 is 19.9 Å². The molecular weight excluding hydrogens is 488 g/mol. The van der Waals surface area contributed by atoms with E-state index in [1.165, 1.54) is 11.3 Å². The summed E-state index contributed by atoms with van der Waals surface area (Å²) < 4.78 is 6.35. The molecule has 5 rings (SSSR count). The van der Waals surface area contributed by atoms with E-state index in [0.717, 1.165) is 43.9 Å². The number of hydrogen-bond acceptors (Lipinski definition) is 8. The number of carbonyl (C=O) groups is 2. The Bertz CT molecular complexity index is 1230. The maximum absolute atomic E-state index is 13.0. The van der Waals surface area contributed by atoms with Gasteiger partial charge in [0.05, 0.1) is 23.9 Å². The summed E-state index contributed by atoms with van der Waals surface area (Å²) in [6.07, 6.45) is 7.02. The number of ether oxygens (including phenoxy) is 1. The Hall–Kier alpha value is -3.53. The Morgan fingerprint density at radius 2 is 1.95 bits per heavy atom. The van der Waals surface area contributed by atoms with Crippen molar-refractivity contribution >= 4 is 29.0 Å². The van der Waals surface area contributed by atoms with Gasteiger partial charge in [-0.2, -0.15) is 0 Å². The van der Waals surface area contributed by atoms with Gasteiger partial charge in [0.2, 0.25) is 0 Å². The number of para-hydroxylation sites is 1. The highest BCUT2D eigenvalue weighted by molar-refractivity contribution is 7.11. The first-order chi connectivity index (χ1) is 18.0. The van der Waals surface area contributed by atoms with Gasteiger partial charge in [-0.25, -0.2) is 9.97 Å². The zero-order chi connectivity index (χ0) is 25.7. The van der Waals surface area contributed by atoms with E-state index in [9.17, 15) is 9.59 Å². The molecule has 2 aliphatic heterocycles. The molecule has 37 heavy (non-hydrogen) atoms. The van der Waals surface area contributed by atoms with Crippen LogP contribution < -0.4 is 15.0 Å². The Labute approximate surface area is 220 Å². The first-order valence-electron chi connectivity index (χ1n) is 12.8. The van der Waals surface area contributed by atoms with E-state index in [2.05, 4.69) is 25.2 Å². The minimum absolute atomic E-state index is 0.0511. The van der Waals surface area contributed by atoms with E-state index in [0.29, 0.717) is 49.0 Å². The fourth-order valence-corrected chi connectivity index (χ4v) is 5.73. The molecule has 1 aromatic carbocycles. The summed E-state index contributed by atoms with van der Waals surface area (Å²) in [5.41, 5.74) is 2.15. The minimum atomic E-state index is -0.146. The monoisotopic (exact) mass is 520 g/mol. The molecule has 2 amide bonds. The van der Waals surface area contributed by atoms with E-state index in [4.69, 9.17) is 4.74 Å². The lowest BCUT2D eigenvalue weighted by molar-refractivity contribution is 0.0368. The van der Waals surface area contributed by atoms with Crippen molar-refractivity contribution in [1.29, 1.82) is 0 Å². The number of aryl methyl sites for hydroxylation is 1. The number of piperidine rings is 1. The Morgan fingerprint density at radius 3 is 2.73 bits per heavy atom. The van der Waals surface area contributed by atoms with Crippen LogP contribution in [-0.4, -0.2) is 71.0 Å². The number of fused-ring (bicyclic) bond motifs is 1. The predicted octanol–water partition coefficient (Wildman–Crippen LogP) is 3.57. The number of rotatable bonds is 2. The van der Waals surface area contributed by atoms with Crippen molar-refractivity contribution in [1.82, 2.24) is 25.2 Å². The van der Waals surface area contributed by atoms with E-state index in [1.54, 1.807) is 24.0 Å². The third kappa shape index (κ3) is 5.90. The number of likely N-dealkylation sites (tertiary alicyclic amines) is 1. The zero-order valence-corrected chi connectivity index (χ0v) is 21.9. The number of benzene rings is 1. The number of nitrogens with zero attached hydrogens (tertiary/aromatic N) is 5. The van der Waals surface area contributed by atoms with Gasteiger partial charge in [0.25, 0.3) is 11.8 Å². The third-order valence-electron chi connectivity index (χ3n) is 7.31. The SMILES string of the molecule is Cc1nccc(N2CCCC3(CCN(C(=O)c4cncs4)CC3)COc3ccccc3C(=O)NCC2)n1. The Kier molecular flexibility index (Phi) is 7.64. The molecule has 0 atom stereocenters. The summed E-state index contributed by atoms with van der Waals surface area (Å²) in [7, 11) is 0. The number of anilines is 1. The smallest absolute Gasteiger partial charge is 0.265 e. The molecule has 0 aliphatic carbocycles. The fourth-order valence-electron chi connectivity index (χ4n) is 5.14. The van der Waals surface area contributed by atoms with Gasteiger partial charge in [-0.15, -0.1) is 11.3 Å². The molecule has 0 saturated carbocycles. The van der Waals surface area contributed by atoms with Crippen LogP contribution in [0.5, 0.6) is 5.75 Å². The van der Waals surface area contributed by atoms with Crippen LogP contribution in [0.4, 0.5) is 5.82 Å². The number of amides is 2.